The lowest BCUT2D eigenvalue weighted by Crippen LogP contribution is -2.31. The predicted octanol–water partition coefficient (Wildman–Crippen LogP) is 2.38. The summed E-state index contributed by atoms with van der Waals surface area (Å²) < 4.78 is 3.31. The van der Waals surface area contributed by atoms with E-state index in [0.29, 0.717) is 0 Å². The van der Waals surface area contributed by atoms with E-state index in [1.165, 1.54) is 15.6 Å². The summed E-state index contributed by atoms with van der Waals surface area (Å²) in [5.74, 6) is 6.65. The molecular weight excluding hydrogens is 256 g/mol. The smallest absolute Gasteiger partial charge is 0.127 e. The van der Waals surface area contributed by atoms with Gasteiger partial charge in [-0.3, -0.25) is 5.84 Å². The van der Waals surface area contributed by atoms with Crippen LogP contribution in [0.5, 0.6) is 0 Å². The molecule has 0 aliphatic heterocycles. The molecule has 0 saturated heterocycles. The van der Waals surface area contributed by atoms with Crippen molar-refractivity contribution in [3.05, 3.63) is 53.4 Å². The summed E-state index contributed by atoms with van der Waals surface area (Å²) in [5, 5.41) is 3.51. The minimum Gasteiger partial charge on any atom is -0.337 e. The van der Waals surface area contributed by atoms with Crippen LogP contribution in [-0.4, -0.2) is 9.55 Å². The molecule has 0 aliphatic carbocycles. The molecule has 2 aromatic heterocycles. The second-order valence-electron chi connectivity index (χ2n) is 4.58. The van der Waals surface area contributed by atoms with Crippen molar-refractivity contribution in [1.29, 1.82) is 0 Å². The van der Waals surface area contributed by atoms with Gasteiger partial charge >= 0.3 is 0 Å². The molecule has 98 valence electrons. The Balaban J connectivity index is 1.93. The van der Waals surface area contributed by atoms with Gasteiger partial charge < -0.3 is 4.57 Å². The van der Waals surface area contributed by atoms with Crippen LogP contribution < -0.4 is 11.3 Å². The SMILES string of the molecule is Cn1ccnc1C(Cc1csc2ccccc12)NN. The highest BCUT2D eigenvalue weighted by molar-refractivity contribution is 7.17. The number of benzene rings is 1. The molecule has 0 spiro atoms. The summed E-state index contributed by atoms with van der Waals surface area (Å²) in [6, 6.07) is 8.48. The van der Waals surface area contributed by atoms with Gasteiger partial charge in [-0.2, -0.15) is 0 Å². The number of nitrogens with two attached hydrogens (primary N) is 1. The molecule has 0 amide bonds. The standard InChI is InChI=1S/C14H16N4S/c1-18-7-6-16-14(18)12(17-15)8-10-9-19-13-5-3-2-4-11(10)13/h2-7,9,12,17H,8,15H2,1H3. The summed E-state index contributed by atoms with van der Waals surface area (Å²) in [7, 11) is 1.98. The molecule has 0 radical (unpaired) electrons. The number of hydrogen-bond donors (Lipinski definition) is 2. The molecule has 3 N–H and O–H groups in total. The zero-order chi connectivity index (χ0) is 13.2. The number of hydrogen-bond acceptors (Lipinski definition) is 4. The second kappa shape index (κ2) is 5.13. The molecule has 3 aromatic rings. The molecule has 4 nitrogen and oxygen atoms in total. The molecule has 0 fully saturated rings. The Morgan fingerprint density at radius 2 is 2.26 bits per heavy atom. The van der Waals surface area contributed by atoms with Gasteiger partial charge in [-0.15, -0.1) is 11.3 Å². The van der Waals surface area contributed by atoms with E-state index < -0.39 is 0 Å². The van der Waals surface area contributed by atoms with E-state index >= 15 is 0 Å². The minimum atomic E-state index is 0.0259. The normalized spacial score (nSPS) is 12.9. The zero-order valence-electron chi connectivity index (χ0n) is 10.7. The molecule has 3 rings (SSSR count). The van der Waals surface area contributed by atoms with Crippen LogP contribution in [0, 0.1) is 0 Å². The third-order valence-electron chi connectivity index (χ3n) is 3.36. The number of rotatable bonds is 4. The van der Waals surface area contributed by atoms with Gasteiger partial charge in [0, 0.05) is 24.1 Å². The Morgan fingerprint density at radius 1 is 1.42 bits per heavy atom. The summed E-state index contributed by atoms with van der Waals surface area (Å²) in [4.78, 5) is 4.37. The van der Waals surface area contributed by atoms with Gasteiger partial charge in [0.05, 0.1) is 6.04 Å². The molecule has 2 heterocycles. The lowest BCUT2D eigenvalue weighted by Gasteiger charge is -2.15. The van der Waals surface area contributed by atoms with E-state index in [-0.39, 0.29) is 6.04 Å². The number of aromatic nitrogens is 2. The van der Waals surface area contributed by atoms with Crippen molar-refractivity contribution in [1.82, 2.24) is 15.0 Å². The number of nitrogens with zero attached hydrogens (tertiary/aromatic N) is 2. The fourth-order valence-electron chi connectivity index (χ4n) is 2.35. The third kappa shape index (κ3) is 2.28. The Bertz CT molecular complexity index is 685. The highest BCUT2D eigenvalue weighted by atomic mass is 32.1. The largest absolute Gasteiger partial charge is 0.337 e. The molecule has 1 unspecified atom stereocenters. The summed E-state index contributed by atoms with van der Waals surface area (Å²) in [6.07, 6.45) is 4.57. The average Bonchev–Trinajstić information content (AvgIpc) is 3.03. The second-order valence-corrected chi connectivity index (χ2v) is 5.49. The Hall–Kier alpha value is -1.69. The monoisotopic (exact) mass is 272 g/mol. The van der Waals surface area contributed by atoms with Gasteiger partial charge in [-0.1, -0.05) is 18.2 Å². The van der Waals surface area contributed by atoms with Gasteiger partial charge in [0.25, 0.3) is 0 Å². The van der Waals surface area contributed by atoms with Crippen LogP contribution >= 0.6 is 11.3 Å². The first kappa shape index (κ1) is 12.3. The van der Waals surface area contributed by atoms with Gasteiger partial charge in [0.1, 0.15) is 5.82 Å². The third-order valence-corrected chi connectivity index (χ3v) is 4.37. The molecule has 1 aromatic carbocycles. The van der Waals surface area contributed by atoms with E-state index in [9.17, 15) is 0 Å². The van der Waals surface area contributed by atoms with Crippen molar-refractivity contribution in [2.24, 2.45) is 12.9 Å². The summed E-state index contributed by atoms with van der Waals surface area (Å²) >= 11 is 1.77. The summed E-state index contributed by atoms with van der Waals surface area (Å²) in [5.41, 5.74) is 4.18. The maximum atomic E-state index is 5.69. The molecule has 5 heteroatoms. The van der Waals surface area contributed by atoms with Crippen LogP contribution in [0.2, 0.25) is 0 Å². The van der Waals surface area contributed by atoms with Crippen molar-refractivity contribution < 1.29 is 0 Å². The fraction of sp³-hybridized carbons (Fsp3) is 0.214. The van der Waals surface area contributed by atoms with Crippen LogP contribution in [0.4, 0.5) is 0 Å². The predicted molar refractivity (Wildman–Crippen MR) is 78.8 cm³/mol. The van der Waals surface area contributed by atoms with Crippen molar-refractivity contribution in [2.75, 3.05) is 0 Å². The van der Waals surface area contributed by atoms with Crippen LogP contribution in [0.3, 0.4) is 0 Å². The van der Waals surface area contributed by atoms with Gasteiger partial charge in [0.15, 0.2) is 0 Å². The minimum absolute atomic E-state index is 0.0259. The molecule has 19 heavy (non-hydrogen) atoms. The van der Waals surface area contributed by atoms with Crippen LogP contribution in [0.1, 0.15) is 17.4 Å². The van der Waals surface area contributed by atoms with E-state index in [1.54, 1.807) is 17.5 Å². The first-order valence-corrected chi connectivity index (χ1v) is 7.06. The number of hydrazine groups is 1. The number of nitrogens with one attached hydrogen (secondary N) is 1. The molecule has 0 aliphatic rings. The lowest BCUT2D eigenvalue weighted by molar-refractivity contribution is 0.509. The Morgan fingerprint density at radius 3 is 3.00 bits per heavy atom. The van der Waals surface area contributed by atoms with Crippen LogP contribution in [-0.2, 0) is 13.5 Å². The number of aryl methyl sites for hydroxylation is 1. The van der Waals surface area contributed by atoms with E-state index in [0.717, 1.165) is 12.2 Å². The molecular formula is C14H16N4S. The number of fused-ring (bicyclic) bond motifs is 1. The average molecular weight is 272 g/mol. The van der Waals surface area contributed by atoms with E-state index in [4.69, 9.17) is 5.84 Å². The van der Waals surface area contributed by atoms with Crippen LogP contribution in [0.15, 0.2) is 42.0 Å². The number of imidazole rings is 1. The highest BCUT2D eigenvalue weighted by Crippen LogP contribution is 2.28. The van der Waals surface area contributed by atoms with Gasteiger partial charge in [-0.05, 0) is 28.8 Å². The first-order valence-electron chi connectivity index (χ1n) is 6.18. The zero-order valence-corrected chi connectivity index (χ0v) is 11.5. The molecule has 1 atom stereocenters. The lowest BCUT2D eigenvalue weighted by atomic mass is 10.0. The summed E-state index contributed by atoms with van der Waals surface area (Å²) in [6.45, 7) is 0. The highest BCUT2D eigenvalue weighted by Gasteiger charge is 2.16. The van der Waals surface area contributed by atoms with Crippen molar-refractivity contribution >= 4 is 21.4 Å². The van der Waals surface area contributed by atoms with E-state index in [2.05, 4.69) is 40.1 Å². The van der Waals surface area contributed by atoms with Crippen molar-refractivity contribution in [2.45, 2.75) is 12.5 Å². The Labute approximate surface area is 115 Å². The van der Waals surface area contributed by atoms with Crippen molar-refractivity contribution in [3.8, 4) is 0 Å². The first-order chi connectivity index (χ1) is 9.29. The number of thiophene rings is 1. The van der Waals surface area contributed by atoms with Crippen LogP contribution in [0.25, 0.3) is 10.1 Å². The maximum Gasteiger partial charge on any atom is 0.127 e. The maximum absolute atomic E-state index is 5.69. The quantitative estimate of drug-likeness (QED) is 0.566. The molecule has 0 bridgehead atoms. The fourth-order valence-corrected chi connectivity index (χ4v) is 3.32. The van der Waals surface area contributed by atoms with Gasteiger partial charge in [0.2, 0.25) is 0 Å². The van der Waals surface area contributed by atoms with Gasteiger partial charge in [-0.25, -0.2) is 10.4 Å². The topological polar surface area (TPSA) is 55.9 Å². The Kier molecular flexibility index (Phi) is 3.33. The molecule has 0 saturated carbocycles. The van der Waals surface area contributed by atoms with E-state index in [1.807, 2.05) is 17.8 Å². The van der Waals surface area contributed by atoms with Crippen molar-refractivity contribution in [3.63, 3.8) is 0 Å².